The van der Waals surface area contributed by atoms with Crippen LogP contribution in [-0.2, 0) is 0 Å². The Morgan fingerprint density at radius 3 is 2.67 bits per heavy atom. The number of H-pyrrole nitrogens is 1. The lowest BCUT2D eigenvalue weighted by molar-refractivity contribution is 0.477. The SMILES string of the molecule is Cc1c(-c2ccccc2O)[nH]c2ccc(Cl)cc12. The third kappa shape index (κ3) is 1.66. The van der Waals surface area contributed by atoms with E-state index in [1.165, 1.54) is 0 Å². The first-order valence-corrected chi connectivity index (χ1v) is 6.11. The van der Waals surface area contributed by atoms with Crippen molar-refractivity contribution >= 4 is 22.5 Å². The van der Waals surface area contributed by atoms with Crippen LogP contribution in [0.2, 0.25) is 5.02 Å². The van der Waals surface area contributed by atoms with E-state index in [1.807, 2.05) is 43.3 Å². The van der Waals surface area contributed by atoms with E-state index in [4.69, 9.17) is 11.6 Å². The molecule has 0 atom stereocenters. The lowest BCUT2D eigenvalue weighted by Gasteiger charge is -2.03. The quantitative estimate of drug-likeness (QED) is 0.661. The zero-order valence-corrected chi connectivity index (χ0v) is 10.6. The summed E-state index contributed by atoms with van der Waals surface area (Å²) in [5.74, 6) is 0.276. The van der Waals surface area contributed by atoms with Crippen molar-refractivity contribution < 1.29 is 5.11 Å². The van der Waals surface area contributed by atoms with Crippen molar-refractivity contribution in [3.05, 3.63) is 53.1 Å². The van der Waals surface area contributed by atoms with Crippen molar-refractivity contribution in [2.75, 3.05) is 0 Å². The number of aromatic hydroxyl groups is 1. The number of para-hydroxylation sites is 1. The van der Waals surface area contributed by atoms with Crippen molar-refractivity contribution in [3.63, 3.8) is 0 Å². The number of hydrogen-bond donors (Lipinski definition) is 2. The molecule has 2 nitrogen and oxygen atoms in total. The van der Waals surface area contributed by atoms with Crippen LogP contribution in [0.4, 0.5) is 0 Å². The summed E-state index contributed by atoms with van der Waals surface area (Å²) in [6.07, 6.45) is 0. The lowest BCUT2D eigenvalue weighted by atomic mass is 10.1. The summed E-state index contributed by atoms with van der Waals surface area (Å²) in [5, 5.41) is 11.7. The summed E-state index contributed by atoms with van der Waals surface area (Å²) < 4.78 is 0. The van der Waals surface area contributed by atoms with Crippen LogP contribution in [0.15, 0.2) is 42.5 Å². The van der Waals surface area contributed by atoms with E-state index in [9.17, 15) is 5.11 Å². The molecule has 0 aliphatic rings. The zero-order chi connectivity index (χ0) is 12.7. The number of phenolic OH excluding ortho intramolecular Hbond substituents is 1. The largest absolute Gasteiger partial charge is 0.507 e. The van der Waals surface area contributed by atoms with E-state index >= 15 is 0 Å². The minimum Gasteiger partial charge on any atom is -0.507 e. The van der Waals surface area contributed by atoms with E-state index in [-0.39, 0.29) is 5.75 Å². The molecular weight excluding hydrogens is 246 g/mol. The monoisotopic (exact) mass is 257 g/mol. The van der Waals surface area contributed by atoms with Gasteiger partial charge in [0.05, 0.1) is 5.69 Å². The Bertz CT molecular complexity index is 730. The second-order valence-electron chi connectivity index (χ2n) is 4.33. The maximum Gasteiger partial charge on any atom is 0.124 e. The summed E-state index contributed by atoms with van der Waals surface area (Å²) in [7, 11) is 0. The van der Waals surface area contributed by atoms with E-state index in [0.29, 0.717) is 5.02 Å². The number of aromatic nitrogens is 1. The van der Waals surface area contributed by atoms with E-state index in [1.54, 1.807) is 6.07 Å². The Hall–Kier alpha value is -1.93. The number of aromatic amines is 1. The van der Waals surface area contributed by atoms with Crippen molar-refractivity contribution in [2.45, 2.75) is 6.92 Å². The van der Waals surface area contributed by atoms with Crippen LogP contribution < -0.4 is 0 Å². The summed E-state index contributed by atoms with van der Waals surface area (Å²) in [6, 6.07) is 13.1. The van der Waals surface area contributed by atoms with Gasteiger partial charge in [-0.05, 0) is 42.8 Å². The third-order valence-electron chi connectivity index (χ3n) is 3.19. The Morgan fingerprint density at radius 1 is 1.11 bits per heavy atom. The van der Waals surface area contributed by atoms with Gasteiger partial charge in [-0.3, -0.25) is 0 Å². The molecule has 0 unspecified atom stereocenters. The molecule has 0 saturated heterocycles. The fourth-order valence-electron chi connectivity index (χ4n) is 2.25. The fraction of sp³-hybridized carbons (Fsp3) is 0.0667. The normalized spacial score (nSPS) is 11.0. The smallest absolute Gasteiger partial charge is 0.124 e. The predicted octanol–water partition coefficient (Wildman–Crippen LogP) is 4.50. The average Bonchev–Trinajstić information content (AvgIpc) is 2.68. The van der Waals surface area contributed by atoms with Gasteiger partial charge in [0.25, 0.3) is 0 Å². The molecule has 90 valence electrons. The van der Waals surface area contributed by atoms with Crippen molar-refractivity contribution in [2.24, 2.45) is 0 Å². The Balaban J connectivity index is 2.31. The van der Waals surface area contributed by atoms with Gasteiger partial charge < -0.3 is 10.1 Å². The highest BCUT2D eigenvalue weighted by molar-refractivity contribution is 6.31. The molecule has 2 aromatic carbocycles. The molecule has 0 aliphatic carbocycles. The first-order chi connectivity index (χ1) is 8.66. The van der Waals surface area contributed by atoms with Gasteiger partial charge in [-0.1, -0.05) is 23.7 Å². The van der Waals surface area contributed by atoms with Crippen LogP contribution in [-0.4, -0.2) is 10.1 Å². The molecule has 0 fully saturated rings. The standard InChI is InChI=1S/C15H12ClNO/c1-9-12-8-10(16)6-7-13(12)17-15(9)11-4-2-3-5-14(11)18/h2-8,17-18H,1H3. The molecule has 0 spiro atoms. The first kappa shape index (κ1) is 11.2. The molecule has 0 aliphatic heterocycles. The van der Waals surface area contributed by atoms with Gasteiger partial charge in [-0.15, -0.1) is 0 Å². The predicted molar refractivity (Wildman–Crippen MR) is 75.1 cm³/mol. The molecule has 1 aromatic heterocycles. The van der Waals surface area contributed by atoms with E-state index in [0.717, 1.165) is 27.7 Å². The molecule has 1 heterocycles. The van der Waals surface area contributed by atoms with Crippen molar-refractivity contribution in [3.8, 4) is 17.0 Å². The van der Waals surface area contributed by atoms with Crippen LogP contribution in [0.3, 0.4) is 0 Å². The highest BCUT2D eigenvalue weighted by Crippen LogP contribution is 2.35. The van der Waals surface area contributed by atoms with Gasteiger partial charge >= 0.3 is 0 Å². The molecular formula is C15H12ClNO. The number of halogens is 1. The number of aryl methyl sites for hydroxylation is 1. The van der Waals surface area contributed by atoms with Gasteiger partial charge in [0.15, 0.2) is 0 Å². The van der Waals surface area contributed by atoms with Crippen LogP contribution in [0.5, 0.6) is 5.75 Å². The maximum atomic E-state index is 9.92. The maximum absolute atomic E-state index is 9.92. The Morgan fingerprint density at radius 2 is 1.89 bits per heavy atom. The summed E-state index contributed by atoms with van der Waals surface area (Å²) >= 11 is 6.01. The van der Waals surface area contributed by atoms with Gasteiger partial charge in [-0.2, -0.15) is 0 Å². The van der Waals surface area contributed by atoms with Crippen LogP contribution in [0, 0.1) is 6.92 Å². The van der Waals surface area contributed by atoms with Crippen LogP contribution >= 0.6 is 11.6 Å². The third-order valence-corrected chi connectivity index (χ3v) is 3.43. The highest BCUT2D eigenvalue weighted by atomic mass is 35.5. The molecule has 0 amide bonds. The minimum absolute atomic E-state index is 0.276. The van der Waals surface area contributed by atoms with E-state index in [2.05, 4.69) is 4.98 Å². The summed E-state index contributed by atoms with van der Waals surface area (Å²) in [4.78, 5) is 3.33. The number of rotatable bonds is 1. The molecule has 3 rings (SSSR count). The molecule has 0 bridgehead atoms. The lowest BCUT2D eigenvalue weighted by Crippen LogP contribution is -1.81. The first-order valence-electron chi connectivity index (χ1n) is 5.73. The zero-order valence-electron chi connectivity index (χ0n) is 9.87. The van der Waals surface area contributed by atoms with Crippen LogP contribution in [0.25, 0.3) is 22.2 Å². The molecule has 0 radical (unpaired) electrons. The summed E-state index contributed by atoms with van der Waals surface area (Å²) in [5.41, 5.74) is 3.86. The Kier molecular flexibility index (Phi) is 2.53. The molecule has 2 N–H and O–H groups in total. The number of fused-ring (bicyclic) bond motifs is 1. The number of hydrogen-bond acceptors (Lipinski definition) is 1. The van der Waals surface area contributed by atoms with Gasteiger partial charge in [0, 0.05) is 21.5 Å². The fourth-order valence-corrected chi connectivity index (χ4v) is 2.43. The van der Waals surface area contributed by atoms with E-state index < -0.39 is 0 Å². The number of phenols is 1. The van der Waals surface area contributed by atoms with Gasteiger partial charge in [-0.25, -0.2) is 0 Å². The van der Waals surface area contributed by atoms with Crippen molar-refractivity contribution in [1.29, 1.82) is 0 Å². The summed E-state index contributed by atoms with van der Waals surface area (Å²) in [6.45, 7) is 2.02. The number of nitrogens with one attached hydrogen (secondary N) is 1. The van der Waals surface area contributed by atoms with Crippen LogP contribution in [0.1, 0.15) is 5.56 Å². The van der Waals surface area contributed by atoms with Gasteiger partial charge in [0.2, 0.25) is 0 Å². The van der Waals surface area contributed by atoms with Gasteiger partial charge in [0.1, 0.15) is 5.75 Å². The second kappa shape index (κ2) is 4.07. The molecule has 3 heteroatoms. The minimum atomic E-state index is 0.276. The Labute approximate surface area is 110 Å². The number of benzene rings is 2. The topological polar surface area (TPSA) is 36.0 Å². The second-order valence-corrected chi connectivity index (χ2v) is 4.77. The molecule has 0 saturated carbocycles. The highest BCUT2D eigenvalue weighted by Gasteiger charge is 2.12. The molecule has 18 heavy (non-hydrogen) atoms. The van der Waals surface area contributed by atoms with Crippen molar-refractivity contribution in [1.82, 2.24) is 4.98 Å². The molecule has 3 aromatic rings. The average molecular weight is 258 g/mol.